The van der Waals surface area contributed by atoms with Crippen molar-refractivity contribution in [3.05, 3.63) is 30.6 Å². The number of nitrogens with zero attached hydrogens (tertiary/aromatic N) is 4. The van der Waals surface area contributed by atoms with Crippen LogP contribution in [0.1, 0.15) is 0 Å². The number of hydrogen-bond donors (Lipinski definition) is 2. The van der Waals surface area contributed by atoms with Gasteiger partial charge < -0.3 is 15.2 Å². The van der Waals surface area contributed by atoms with Crippen LogP contribution in [0.25, 0.3) is 23.2 Å². The van der Waals surface area contributed by atoms with Crippen molar-refractivity contribution < 1.29 is 4.52 Å². The van der Waals surface area contributed by atoms with Crippen molar-refractivity contribution in [1.29, 1.82) is 0 Å². The molecule has 0 radical (unpaired) electrons. The Hall–Kier alpha value is -2.70. The second kappa shape index (κ2) is 3.71. The predicted octanol–water partition coefficient (Wildman–Crippen LogP) is 1.10. The summed E-state index contributed by atoms with van der Waals surface area (Å²) >= 11 is 0. The van der Waals surface area contributed by atoms with Crippen LogP contribution in [0.4, 0.5) is 5.82 Å². The van der Waals surface area contributed by atoms with Gasteiger partial charge in [-0.05, 0) is 12.1 Å². The molecular weight excluding hydrogens is 220 g/mol. The smallest absolute Gasteiger partial charge is 0.277 e. The molecule has 0 saturated carbocycles. The fourth-order valence-corrected chi connectivity index (χ4v) is 1.38. The van der Waals surface area contributed by atoms with Gasteiger partial charge in [0, 0.05) is 12.4 Å². The van der Waals surface area contributed by atoms with Gasteiger partial charge in [0.15, 0.2) is 5.82 Å². The second-order valence-corrected chi connectivity index (χ2v) is 3.31. The van der Waals surface area contributed by atoms with Crippen molar-refractivity contribution in [1.82, 2.24) is 25.1 Å². The summed E-state index contributed by atoms with van der Waals surface area (Å²) in [7, 11) is 0. The van der Waals surface area contributed by atoms with Crippen molar-refractivity contribution in [2.75, 3.05) is 5.73 Å². The summed E-state index contributed by atoms with van der Waals surface area (Å²) in [5, 5.41) is 3.80. The lowest BCUT2D eigenvalue weighted by atomic mass is 10.3. The Balaban J connectivity index is 2.01. The first-order chi connectivity index (χ1) is 8.33. The highest BCUT2D eigenvalue weighted by atomic mass is 16.5. The zero-order valence-electron chi connectivity index (χ0n) is 8.66. The molecule has 0 bridgehead atoms. The van der Waals surface area contributed by atoms with Crippen LogP contribution in [-0.4, -0.2) is 25.1 Å². The van der Waals surface area contributed by atoms with Crippen LogP contribution >= 0.6 is 0 Å². The van der Waals surface area contributed by atoms with Crippen LogP contribution in [0.3, 0.4) is 0 Å². The lowest BCUT2D eigenvalue weighted by molar-refractivity contribution is 0.430. The minimum Gasteiger partial charge on any atom is -0.384 e. The van der Waals surface area contributed by atoms with Crippen LogP contribution in [0, 0.1) is 0 Å². The largest absolute Gasteiger partial charge is 0.384 e. The number of imidazole rings is 1. The SMILES string of the molecule is Nc1cccc(-c2nc(-c3ncc[nH]3)no2)n1. The number of nitrogens with two attached hydrogens (primary N) is 1. The fraction of sp³-hybridized carbons (Fsp3) is 0. The van der Waals surface area contributed by atoms with Gasteiger partial charge in [-0.25, -0.2) is 9.97 Å². The summed E-state index contributed by atoms with van der Waals surface area (Å²) in [5.74, 6) is 1.64. The normalized spacial score (nSPS) is 10.6. The summed E-state index contributed by atoms with van der Waals surface area (Å²) in [4.78, 5) is 15.2. The molecule has 0 saturated heterocycles. The molecule has 3 N–H and O–H groups in total. The highest BCUT2D eigenvalue weighted by Gasteiger charge is 2.12. The topological polar surface area (TPSA) is 107 Å². The minimum atomic E-state index is 0.309. The van der Waals surface area contributed by atoms with E-state index in [1.165, 1.54) is 0 Å². The van der Waals surface area contributed by atoms with Gasteiger partial charge in [0.2, 0.25) is 5.82 Å². The molecule has 0 spiro atoms. The van der Waals surface area contributed by atoms with E-state index in [1.54, 1.807) is 30.6 Å². The van der Waals surface area contributed by atoms with Crippen molar-refractivity contribution in [2.45, 2.75) is 0 Å². The van der Waals surface area contributed by atoms with E-state index < -0.39 is 0 Å². The molecule has 0 atom stereocenters. The van der Waals surface area contributed by atoms with E-state index in [0.29, 0.717) is 29.1 Å². The monoisotopic (exact) mass is 228 g/mol. The Kier molecular flexibility index (Phi) is 2.08. The standard InChI is InChI=1S/C10H8N6O/c11-7-3-1-2-6(14-7)10-15-9(16-17-10)8-12-4-5-13-8/h1-5H,(H2,11,14)(H,12,13). The third kappa shape index (κ3) is 1.73. The van der Waals surface area contributed by atoms with E-state index in [2.05, 4.69) is 25.1 Å². The molecule has 3 aromatic heterocycles. The molecule has 0 amide bonds. The number of pyridine rings is 1. The molecule has 7 nitrogen and oxygen atoms in total. The lowest BCUT2D eigenvalue weighted by Crippen LogP contribution is -1.91. The van der Waals surface area contributed by atoms with E-state index in [-0.39, 0.29) is 0 Å². The first kappa shape index (κ1) is 9.52. The Morgan fingerprint density at radius 2 is 2.18 bits per heavy atom. The van der Waals surface area contributed by atoms with Gasteiger partial charge in [-0.2, -0.15) is 4.98 Å². The van der Waals surface area contributed by atoms with Gasteiger partial charge in [0.1, 0.15) is 11.5 Å². The Bertz CT molecular complexity index is 630. The summed E-state index contributed by atoms with van der Waals surface area (Å²) < 4.78 is 5.09. The van der Waals surface area contributed by atoms with Crippen LogP contribution in [0.15, 0.2) is 35.1 Å². The first-order valence-corrected chi connectivity index (χ1v) is 4.89. The molecule has 0 aliphatic heterocycles. The number of nitrogen functional groups attached to an aromatic ring is 1. The minimum absolute atomic E-state index is 0.309. The molecule has 3 aromatic rings. The van der Waals surface area contributed by atoms with E-state index in [4.69, 9.17) is 10.3 Å². The molecule has 3 rings (SSSR count). The Morgan fingerprint density at radius 1 is 1.24 bits per heavy atom. The molecule has 7 heteroatoms. The molecule has 17 heavy (non-hydrogen) atoms. The molecule has 0 aliphatic rings. The molecular formula is C10H8N6O. The fourth-order valence-electron chi connectivity index (χ4n) is 1.38. The number of anilines is 1. The maximum absolute atomic E-state index is 5.58. The maximum atomic E-state index is 5.58. The van der Waals surface area contributed by atoms with Crippen molar-refractivity contribution in [2.24, 2.45) is 0 Å². The number of aromatic nitrogens is 5. The van der Waals surface area contributed by atoms with Crippen molar-refractivity contribution >= 4 is 5.82 Å². The predicted molar refractivity (Wildman–Crippen MR) is 59.5 cm³/mol. The molecule has 3 heterocycles. The summed E-state index contributed by atoms with van der Waals surface area (Å²) in [6.45, 7) is 0. The van der Waals surface area contributed by atoms with Crippen LogP contribution in [0.2, 0.25) is 0 Å². The van der Waals surface area contributed by atoms with E-state index in [0.717, 1.165) is 0 Å². The number of rotatable bonds is 2. The van der Waals surface area contributed by atoms with Crippen LogP contribution < -0.4 is 5.73 Å². The lowest BCUT2D eigenvalue weighted by Gasteiger charge is -1.93. The van der Waals surface area contributed by atoms with E-state index in [9.17, 15) is 0 Å². The molecule has 0 fully saturated rings. The van der Waals surface area contributed by atoms with Gasteiger partial charge in [0.05, 0.1) is 0 Å². The third-order valence-electron chi connectivity index (χ3n) is 2.13. The summed E-state index contributed by atoms with van der Waals surface area (Å²) in [5.41, 5.74) is 6.12. The number of hydrogen-bond acceptors (Lipinski definition) is 6. The van der Waals surface area contributed by atoms with Crippen molar-refractivity contribution in [3.63, 3.8) is 0 Å². The average molecular weight is 228 g/mol. The molecule has 0 aromatic carbocycles. The molecule has 84 valence electrons. The van der Waals surface area contributed by atoms with Crippen LogP contribution in [0.5, 0.6) is 0 Å². The maximum Gasteiger partial charge on any atom is 0.277 e. The zero-order valence-corrected chi connectivity index (χ0v) is 8.66. The van der Waals surface area contributed by atoms with Gasteiger partial charge in [-0.15, -0.1) is 0 Å². The van der Waals surface area contributed by atoms with Gasteiger partial charge in [-0.1, -0.05) is 11.2 Å². The second-order valence-electron chi connectivity index (χ2n) is 3.31. The number of aromatic amines is 1. The number of H-pyrrole nitrogens is 1. The van der Waals surface area contributed by atoms with E-state index >= 15 is 0 Å². The van der Waals surface area contributed by atoms with Crippen LogP contribution in [-0.2, 0) is 0 Å². The molecule has 0 unspecified atom stereocenters. The highest BCUT2D eigenvalue weighted by Crippen LogP contribution is 2.18. The van der Waals surface area contributed by atoms with E-state index in [1.807, 2.05) is 0 Å². The quantitative estimate of drug-likeness (QED) is 0.680. The Labute approximate surface area is 95.7 Å². The summed E-state index contributed by atoms with van der Waals surface area (Å²) in [6.07, 6.45) is 3.30. The van der Waals surface area contributed by atoms with Gasteiger partial charge >= 0.3 is 0 Å². The van der Waals surface area contributed by atoms with Gasteiger partial charge in [0.25, 0.3) is 5.89 Å². The number of nitrogens with one attached hydrogen (secondary N) is 1. The van der Waals surface area contributed by atoms with Crippen molar-refractivity contribution in [3.8, 4) is 23.2 Å². The highest BCUT2D eigenvalue weighted by molar-refractivity contribution is 5.53. The summed E-state index contributed by atoms with van der Waals surface area (Å²) in [6, 6.07) is 5.21. The van der Waals surface area contributed by atoms with Gasteiger partial charge in [-0.3, -0.25) is 0 Å². The average Bonchev–Trinajstić information content (AvgIpc) is 3.00. The first-order valence-electron chi connectivity index (χ1n) is 4.89. The molecule has 0 aliphatic carbocycles. The zero-order chi connectivity index (χ0) is 11.7. The third-order valence-corrected chi connectivity index (χ3v) is 2.13. The Morgan fingerprint density at radius 3 is 2.94 bits per heavy atom.